The topological polar surface area (TPSA) is 78.0 Å². The quantitative estimate of drug-likeness (QED) is 0.613. The van der Waals surface area contributed by atoms with Gasteiger partial charge in [-0.3, -0.25) is 9.69 Å². The number of fused-ring (bicyclic) bond motifs is 2. The van der Waals surface area contributed by atoms with Crippen LogP contribution in [0, 0.1) is 0 Å². The van der Waals surface area contributed by atoms with Crippen molar-refractivity contribution in [1.29, 1.82) is 0 Å². The Kier molecular flexibility index (Phi) is 5.11. The molecular formula is C25H24NO5+. The second kappa shape index (κ2) is 7.63. The smallest absolute Gasteiger partial charge is 0.351 e. The molecule has 1 aliphatic carbocycles. The van der Waals surface area contributed by atoms with Crippen molar-refractivity contribution in [2.45, 2.75) is 26.2 Å². The highest BCUT2D eigenvalue weighted by Gasteiger charge is 2.43. The summed E-state index contributed by atoms with van der Waals surface area (Å²) in [4.78, 5) is 38.1. The van der Waals surface area contributed by atoms with Gasteiger partial charge in [-0.15, -0.1) is 0 Å². The molecule has 6 heteroatoms. The predicted molar refractivity (Wildman–Crippen MR) is 117 cm³/mol. The van der Waals surface area contributed by atoms with Gasteiger partial charge in [0.05, 0.1) is 24.6 Å². The standard InChI is InChI=1S/C25H23NO5/c1-5-30-23(28)17-14-15-10-12-20(27)16(22(15)31-24(17)29)11-13-21-25(2,3)18-8-6-7-9-19(18)26(21)4/h6-14H,5H2,1-4H3/p+1. The van der Waals surface area contributed by atoms with Crippen LogP contribution in [0.25, 0.3) is 11.6 Å². The number of hydrogen-bond acceptors (Lipinski definition) is 5. The fourth-order valence-electron chi connectivity index (χ4n) is 4.31. The second-order valence-corrected chi connectivity index (χ2v) is 8.11. The van der Waals surface area contributed by atoms with Gasteiger partial charge in [0.15, 0.2) is 5.78 Å². The molecule has 6 nitrogen and oxygen atoms in total. The number of esters is 1. The van der Waals surface area contributed by atoms with Crippen molar-refractivity contribution in [2.24, 2.45) is 0 Å². The highest BCUT2D eigenvalue weighted by Crippen LogP contribution is 2.38. The van der Waals surface area contributed by atoms with E-state index in [9.17, 15) is 14.4 Å². The molecule has 0 fully saturated rings. The second-order valence-electron chi connectivity index (χ2n) is 8.11. The Bertz CT molecular complexity index is 1240. The van der Waals surface area contributed by atoms with E-state index in [2.05, 4.69) is 33.0 Å². The molecule has 2 heterocycles. The minimum Gasteiger partial charge on any atom is -0.462 e. The van der Waals surface area contributed by atoms with Gasteiger partial charge >= 0.3 is 11.6 Å². The lowest BCUT2D eigenvalue weighted by Gasteiger charge is -2.19. The summed E-state index contributed by atoms with van der Waals surface area (Å²) in [5, 5.41) is 0. The molecule has 1 N–H and O–H groups in total. The van der Waals surface area contributed by atoms with E-state index in [0.717, 1.165) is 10.6 Å². The van der Waals surface area contributed by atoms with E-state index in [-0.39, 0.29) is 34.7 Å². The van der Waals surface area contributed by atoms with Crippen LogP contribution in [0.5, 0.6) is 0 Å². The number of likely N-dealkylation sites (N-methyl/N-ethyl adjacent to an activating group) is 1. The van der Waals surface area contributed by atoms with Crippen molar-refractivity contribution in [3.05, 3.63) is 87.1 Å². The molecule has 0 saturated heterocycles. The highest BCUT2D eigenvalue weighted by molar-refractivity contribution is 6.29. The lowest BCUT2D eigenvalue weighted by Crippen LogP contribution is -3.01. The average molecular weight is 418 g/mol. The normalized spacial score (nSPS) is 21.3. The molecule has 2 aliphatic rings. The van der Waals surface area contributed by atoms with Gasteiger partial charge in [-0.1, -0.05) is 18.2 Å². The molecule has 1 atom stereocenters. The van der Waals surface area contributed by atoms with Crippen molar-refractivity contribution >= 4 is 29.1 Å². The summed E-state index contributed by atoms with van der Waals surface area (Å²) in [6, 6.07) is 9.67. The van der Waals surface area contributed by atoms with Crippen LogP contribution in [0.4, 0.5) is 5.69 Å². The number of nitrogens with one attached hydrogen (secondary N) is 1. The minimum absolute atomic E-state index is 0.149. The molecular weight excluding hydrogens is 394 g/mol. The average Bonchev–Trinajstić information content (AvgIpc) is 2.93. The van der Waals surface area contributed by atoms with Gasteiger partial charge in [-0.05, 0) is 57.2 Å². The number of benzene rings is 1. The van der Waals surface area contributed by atoms with Crippen LogP contribution in [0.15, 0.2) is 63.5 Å². The van der Waals surface area contributed by atoms with Gasteiger partial charge in [-0.25, -0.2) is 9.59 Å². The lowest BCUT2D eigenvalue weighted by molar-refractivity contribution is -0.764. The number of allylic oxidation sites excluding steroid dienone is 5. The van der Waals surface area contributed by atoms with Crippen LogP contribution in [-0.4, -0.2) is 25.4 Å². The van der Waals surface area contributed by atoms with Gasteiger partial charge in [0.25, 0.3) is 0 Å². The molecule has 0 saturated carbocycles. The van der Waals surface area contributed by atoms with Crippen LogP contribution >= 0.6 is 0 Å². The van der Waals surface area contributed by atoms with E-state index >= 15 is 0 Å². The molecule has 1 unspecified atom stereocenters. The predicted octanol–water partition coefficient (Wildman–Crippen LogP) is 2.82. The van der Waals surface area contributed by atoms with E-state index in [0.29, 0.717) is 5.56 Å². The number of quaternary nitrogens is 1. The monoisotopic (exact) mass is 418 g/mol. The summed E-state index contributed by atoms with van der Waals surface area (Å²) >= 11 is 0. The van der Waals surface area contributed by atoms with Gasteiger partial charge in [0.2, 0.25) is 0 Å². The number of para-hydroxylation sites is 1. The summed E-state index contributed by atoms with van der Waals surface area (Å²) in [6.07, 6.45) is 6.57. The number of ketones is 1. The molecule has 4 rings (SSSR count). The Balaban J connectivity index is 1.79. The maximum atomic E-state index is 12.6. The number of ether oxygens (including phenoxy) is 1. The van der Waals surface area contributed by atoms with E-state index in [4.69, 9.17) is 9.15 Å². The first kappa shape index (κ1) is 20.8. The van der Waals surface area contributed by atoms with Crippen LogP contribution in [0.1, 0.15) is 48.0 Å². The zero-order valence-corrected chi connectivity index (χ0v) is 17.9. The van der Waals surface area contributed by atoms with Gasteiger partial charge in [0, 0.05) is 11.1 Å². The largest absolute Gasteiger partial charge is 0.462 e. The first-order valence-corrected chi connectivity index (χ1v) is 10.2. The third-order valence-corrected chi connectivity index (χ3v) is 5.89. The molecule has 0 spiro atoms. The Morgan fingerprint density at radius 2 is 1.90 bits per heavy atom. The SMILES string of the molecule is CCOC(=O)c1cc2c(oc1=O)C(=CC=C1[NH+](C)c3ccccc3C1(C)C)C(=O)C=C2. The summed E-state index contributed by atoms with van der Waals surface area (Å²) in [5.74, 6) is -0.844. The Morgan fingerprint density at radius 3 is 2.61 bits per heavy atom. The summed E-state index contributed by atoms with van der Waals surface area (Å²) in [5.41, 5.74) is 3.05. The summed E-state index contributed by atoms with van der Waals surface area (Å²) in [7, 11) is 2.07. The highest BCUT2D eigenvalue weighted by atomic mass is 16.5. The van der Waals surface area contributed by atoms with Crippen LogP contribution in [0.2, 0.25) is 0 Å². The fourth-order valence-corrected chi connectivity index (χ4v) is 4.31. The Morgan fingerprint density at radius 1 is 1.16 bits per heavy atom. The number of carbonyl (C=O) groups excluding carboxylic acids is 2. The van der Waals surface area contributed by atoms with Crippen LogP contribution in [0.3, 0.4) is 0 Å². The molecule has 31 heavy (non-hydrogen) atoms. The molecule has 1 aliphatic heterocycles. The van der Waals surface area contributed by atoms with E-state index < -0.39 is 11.6 Å². The first-order chi connectivity index (χ1) is 14.8. The van der Waals surface area contributed by atoms with Crippen molar-refractivity contribution in [1.82, 2.24) is 0 Å². The molecule has 2 aromatic rings. The molecule has 1 aromatic carbocycles. The first-order valence-electron chi connectivity index (χ1n) is 10.2. The van der Waals surface area contributed by atoms with Crippen molar-refractivity contribution in [3.8, 4) is 0 Å². The molecule has 0 bridgehead atoms. The Labute approximate surface area is 180 Å². The van der Waals surface area contributed by atoms with Crippen molar-refractivity contribution < 1.29 is 23.6 Å². The summed E-state index contributed by atoms with van der Waals surface area (Å²) in [6.45, 7) is 6.10. The molecule has 1 aromatic heterocycles. The number of hydrogen-bond donors (Lipinski definition) is 1. The Hall–Kier alpha value is -3.51. The van der Waals surface area contributed by atoms with Crippen LogP contribution < -0.4 is 10.5 Å². The fraction of sp³-hybridized carbons (Fsp3) is 0.240. The van der Waals surface area contributed by atoms with Gasteiger partial charge in [-0.2, -0.15) is 0 Å². The number of rotatable bonds is 3. The van der Waals surface area contributed by atoms with Crippen molar-refractivity contribution in [3.63, 3.8) is 0 Å². The van der Waals surface area contributed by atoms with E-state index in [1.165, 1.54) is 23.4 Å². The van der Waals surface area contributed by atoms with Gasteiger partial charge < -0.3 is 9.15 Å². The molecule has 0 amide bonds. The zero-order chi connectivity index (χ0) is 22.3. The number of carbonyl (C=O) groups is 2. The maximum Gasteiger partial charge on any atom is 0.351 e. The molecule has 0 radical (unpaired) electrons. The van der Waals surface area contributed by atoms with E-state index in [1.807, 2.05) is 18.2 Å². The van der Waals surface area contributed by atoms with Crippen LogP contribution in [-0.2, 0) is 14.9 Å². The van der Waals surface area contributed by atoms with E-state index in [1.54, 1.807) is 19.1 Å². The minimum atomic E-state index is -0.824. The third-order valence-electron chi connectivity index (χ3n) is 5.89. The van der Waals surface area contributed by atoms with Crippen molar-refractivity contribution in [2.75, 3.05) is 13.7 Å². The molecule has 158 valence electrons. The third kappa shape index (κ3) is 3.39. The lowest BCUT2D eigenvalue weighted by atomic mass is 9.83. The van der Waals surface area contributed by atoms with Gasteiger partial charge in [0.1, 0.15) is 22.7 Å². The maximum absolute atomic E-state index is 12.6. The summed E-state index contributed by atoms with van der Waals surface area (Å²) < 4.78 is 10.3. The zero-order valence-electron chi connectivity index (χ0n) is 17.9.